The van der Waals surface area contributed by atoms with Crippen LogP contribution in [-0.4, -0.2) is 31.6 Å². The van der Waals surface area contributed by atoms with Gasteiger partial charge in [-0.25, -0.2) is 4.79 Å². The van der Waals surface area contributed by atoms with E-state index in [-0.39, 0.29) is 18.4 Å². The minimum Gasteiger partial charge on any atom is -0.484 e. The van der Waals surface area contributed by atoms with Gasteiger partial charge in [0.2, 0.25) is 0 Å². The van der Waals surface area contributed by atoms with Gasteiger partial charge >= 0.3 is 5.97 Å². The molecule has 0 fully saturated rings. The molecule has 0 aliphatic rings. The number of hydrogen-bond donors (Lipinski definition) is 1. The molecule has 0 bridgehead atoms. The van der Waals surface area contributed by atoms with Crippen molar-refractivity contribution < 1.29 is 19.1 Å². The summed E-state index contributed by atoms with van der Waals surface area (Å²) < 4.78 is 11.0. The average Bonchev–Trinajstić information content (AvgIpc) is 2.50. The van der Waals surface area contributed by atoms with Crippen molar-refractivity contribution in [1.82, 2.24) is 5.32 Å². The largest absolute Gasteiger partial charge is 0.484 e. The molecule has 0 aliphatic heterocycles. The summed E-state index contributed by atoms with van der Waals surface area (Å²) in [5.74, 6) is -0.212. The number of methoxy groups -OCH3 is 1. The third kappa shape index (κ3) is 5.75. The number of benzene rings is 1. The molecule has 0 saturated carbocycles. The van der Waals surface area contributed by atoms with Crippen molar-refractivity contribution in [3.8, 4) is 5.75 Å². The zero-order valence-corrected chi connectivity index (χ0v) is 14.0. The molecule has 0 heterocycles. The summed E-state index contributed by atoms with van der Waals surface area (Å²) in [6.07, 6.45) is 0.758. The van der Waals surface area contributed by atoms with Gasteiger partial charge in [-0.15, -0.1) is 0 Å². The predicted molar refractivity (Wildman–Crippen MR) is 83.0 cm³/mol. The van der Waals surface area contributed by atoms with Crippen molar-refractivity contribution >= 4 is 27.8 Å². The molecule has 0 radical (unpaired) electrons. The minimum absolute atomic E-state index is 0.00548. The van der Waals surface area contributed by atoms with Gasteiger partial charge in [0.25, 0.3) is 5.91 Å². The zero-order chi connectivity index (χ0) is 15.8. The van der Waals surface area contributed by atoms with Crippen LogP contribution >= 0.6 is 15.9 Å². The molecular weight excluding hydrogens is 338 g/mol. The Morgan fingerprint density at radius 3 is 2.43 bits per heavy atom. The standard InChI is InChI=1S/C15H20BrNO4/c1-4-10(2)14(15(19)20-3)17-13(18)9-21-12-7-5-11(16)6-8-12/h5-8,10,14H,4,9H2,1-3H3,(H,17,18)/t10-,14-/m1/s1. The van der Waals surface area contributed by atoms with Crippen molar-refractivity contribution in [3.63, 3.8) is 0 Å². The van der Waals surface area contributed by atoms with Crippen LogP contribution in [0.4, 0.5) is 0 Å². The van der Waals surface area contributed by atoms with Gasteiger partial charge in [0.15, 0.2) is 6.61 Å². The highest BCUT2D eigenvalue weighted by Crippen LogP contribution is 2.16. The van der Waals surface area contributed by atoms with Crippen LogP contribution in [0.3, 0.4) is 0 Å². The van der Waals surface area contributed by atoms with E-state index in [1.165, 1.54) is 7.11 Å². The maximum Gasteiger partial charge on any atom is 0.328 e. The van der Waals surface area contributed by atoms with Crippen LogP contribution in [0.2, 0.25) is 0 Å². The van der Waals surface area contributed by atoms with E-state index in [1.54, 1.807) is 12.1 Å². The molecule has 0 aromatic heterocycles. The summed E-state index contributed by atoms with van der Waals surface area (Å²) in [6, 6.07) is 6.50. The summed E-state index contributed by atoms with van der Waals surface area (Å²) in [7, 11) is 1.31. The predicted octanol–water partition coefficient (Wildman–Crippen LogP) is 2.53. The Balaban J connectivity index is 2.53. The summed E-state index contributed by atoms with van der Waals surface area (Å²) in [5.41, 5.74) is 0. The molecule has 5 nitrogen and oxygen atoms in total. The number of amides is 1. The topological polar surface area (TPSA) is 64.6 Å². The number of nitrogens with one attached hydrogen (secondary N) is 1. The number of ether oxygens (including phenoxy) is 2. The Morgan fingerprint density at radius 1 is 1.29 bits per heavy atom. The lowest BCUT2D eigenvalue weighted by Crippen LogP contribution is -2.47. The lowest BCUT2D eigenvalue weighted by Gasteiger charge is -2.21. The first-order chi connectivity index (χ1) is 9.97. The summed E-state index contributed by atoms with van der Waals surface area (Å²) in [6.45, 7) is 3.69. The quantitative estimate of drug-likeness (QED) is 0.761. The van der Waals surface area contributed by atoms with E-state index in [0.29, 0.717) is 5.75 Å². The number of esters is 1. The van der Waals surface area contributed by atoms with E-state index < -0.39 is 12.0 Å². The zero-order valence-electron chi connectivity index (χ0n) is 12.4. The van der Waals surface area contributed by atoms with Crippen molar-refractivity contribution in [3.05, 3.63) is 28.7 Å². The average molecular weight is 358 g/mol. The van der Waals surface area contributed by atoms with Crippen LogP contribution in [0.1, 0.15) is 20.3 Å². The third-order valence-corrected chi connectivity index (χ3v) is 3.70. The first-order valence-electron chi connectivity index (χ1n) is 6.73. The normalized spacial score (nSPS) is 13.1. The minimum atomic E-state index is -0.652. The Morgan fingerprint density at radius 2 is 1.90 bits per heavy atom. The van der Waals surface area contributed by atoms with Crippen LogP contribution in [0, 0.1) is 5.92 Å². The van der Waals surface area contributed by atoms with Crippen LogP contribution in [0.25, 0.3) is 0 Å². The Labute approximate surface area is 133 Å². The highest BCUT2D eigenvalue weighted by molar-refractivity contribution is 9.10. The van der Waals surface area contributed by atoms with Gasteiger partial charge in [-0.05, 0) is 30.2 Å². The summed E-state index contributed by atoms with van der Waals surface area (Å²) in [5, 5.41) is 2.65. The van der Waals surface area contributed by atoms with Crippen LogP contribution in [0.15, 0.2) is 28.7 Å². The van der Waals surface area contributed by atoms with Gasteiger partial charge in [0, 0.05) is 4.47 Å². The Hall–Kier alpha value is -1.56. The molecule has 1 rings (SSSR count). The molecule has 0 spiro atoms. The van der Waals surface area contributed by atoms with Crippen molar-refractivity contribution in [1.29, 1.82) is 0 Å². The highest BCUT2D eigenvalue weighted by Gasteiger charge is 2.26. The first kappa shape index (κ1) is 17.5. The van der Waals surface area contributed by atoms with Gasteiger partial charge in [-0.1, -0.05) is 36.2 Å². The number of halogens is 1. The molecule has 1 N–H and O–H groups in total. The number of rotatable bonds is 7. The van der Waals surface area contributed by atoms with Gasteiger partial charge in [0.05, 0.1) is 7.11 Å². The van der Waals surface area contributed by atoms with E-state index in [1.807, 2.05) is 26.0 Å². The third-order valence-electron chi connectivity index (χ3n) is 3.17. The molecule has 1 amide bonds. The van der Waals surface area contributed by atoms with E-state index in [0.717, 1.165) is 10.9 Å². The van der Waals surface area contributed by atoms with E-state index >= 15 is 0 Å². The second-order valence-electron chi connectivity index (χ2n) is 4.70. The lowest BCUT2D eigenvalue weighted by molar-refractivity contribution is -0.146. The molecule has 1 aromatic rings. The molecular formula is C15H20BrNO4. The smallest absolute Gasteiger partial charge is 0.328 e. The second kappa shape index (κ2) is 8.67. The second-order valence-corrected chi connectivity index (χ2v) is 5.61. The maximum atomic E-state index is 11.9. The van der Waals surface area contributed by atoms with Gasteiger partial charge < -0.3 is 14.8 Å². The fourth-order valence-electron chi connectivity index (χ4n) is 1.69. The van der Waals surface area contributed by atoms with Gasteiger partial charge in [-0.2, -0.15) is 0 Å². The maximum absolute atomic E-state index is 11.9. The number of hydrogen-bond acceptors (Lipinski definition) is 4. The number of carbonyl (C=O) groups is 2. The van der Waals surface area contributed by atoms with Crippen LogP contribution in [-0.2, 0) is 14.3 Å². The van der Waals surface area contributed by atoms with E-state index in [4.69, 9.17) is 9.47 Å². The van der Waals surface area contributed by atoms with E-state index in [2.05, 4.69) is 21.2 Å². The summed E-state index contributed by atoms with van der Waals surface area (Å²) in [4.78, 5) is 23.6. The van der Waals surface area contributed by atoms with Gasteiger partial charge in [0.1, 0.15) is 11.8 Å². The first-order valence-corrected chi connectivity index (χ1v) is 7.52. The molecule has 2 atom stereocenters. The molecule has 0 saturated heterocycles. The number of carbonyl (C=O) groups excluding carboxylic acids is 2. The molecule has 21 heavy (non-hydrogen) atoms. The van der Waals surface area contributed by atoms with E-state index in [9.17, 15) is 9.59 Å². The molecule has 1 aromatic carbocycles. The summed E-state index contributed by atoms with van der Waals surface area (Å²) >= 11 is 3.32. The highest BCUT2D eigenvalue weighted by atomic mass is 79.9. The fraction of sp³-hybridized carbons (Fsp3) is 0.467. The monoisotopic (exact) mass is 357 g/mol. The van der Waals surface area contributed by atoms with Crippen LogP contribution in [0.5, 0.6) is 5.75 Å². The molecule has 0 aliphatic carbocycles. The molecule has 6 heteroatoms. The van der Waals surface area contributed by atoms with Crippen LogP contribution < -0.4 is 10.1 Å². The molecule has 116 valence electrons. The Bertz CT molecular complexity index is 475. The van der Waals surface area contributed by atoms with Gasteiger partial charge in [-0.3, -0.25) is 4.79 Å². The Kier molecular flexibility index (Phi) is 7.22. The fourth-order valence-corrected chi connectivity index (χ4v) is 1.96. The molecule has 0 unspecified atom stereocenters. The van der Waals surface area contributed by atoms with Crippen molar-refractivity contribution in [2.75, 3.05) is 13.7 Å². The lowest BCUT2D eigenvalue weighted by atomic mass is 9.99. The van der Waals surface area contributed by atoms with Crippen molar-refractivity contribution in [2.45, 2.75) is 26.3 Å². The SMILES string of the molecule is CC[C@@H](C)[C@@H](NC(=O)COc1ccc(Br)cc1)C(=O)OC. The van der Waals surface area contributed by atoms with Crippen molar-refractivity contribution in [2.24, 2.45) is 5.92 Å².